The molecule has 0 amide bonds. The predicted molar refractivity (Wildman–Crippen MR) is 76.8 cm³/mol. The number of sulfonamides is 1. The Morgan fingerprint density at radius 3 is 2.70 bits per heavy atom. The van der Waals surface area contributed by atoms with Gasteiger partial charge in [0.05, 0.1) is 16.5 Å². The van der Waals surface area contributed by atoms with Crippen molar-refractivity contribution in [2.24, 2.45) is 0 Å². The molecule has 1 aromatic carbocycles. The second kappa shape index (κ2) is 8.00. The molecule has 0 aromatic heterocycles. The van der Waals surface area contributed by atoms with Gasteiger partial charge in [0.2, 0.25) is 10.0 Å². The molecule has 0 aliphatic carbocycles. The normalized spacial score (nSPS) is 11.2. The highest BCUT2D eigenvalue weighted by Gasteiger charge is 2.14. The first-order chi connectivity index (χ1) is 9.51. The third kappa shape index (κ3) is 4.93. The molecule has 0 spiro atoms. The molecule has 20 heavy (non-hydrogen) atoms. The van der Waals surface area contributed by atoms with Crippen molar-refractivity contribution in [2.75, 3.05) is 19.8 Å². The van der Waals surface area contributed by atoms with Gasteiger partial charge in [-0.3, -0.25) is 0 Å². The smallest absolute Gasteiger partial charge is 0.240 e. The van der Waals surface area contributed by atoms with Crippen LogP contribution in [-0.4, -0.2) is 28.2 Å². The van der Waals surface area contributed by atoms with Gasteiger partial charge in [0.25, 0.3) is 0 Å². The number of ether oxygens (including phenoxy) is 1. The highest BCUT2D eigenvalue weighted by Crippen LogP contribution is 2.14. The van der Waals surface area contributed by atoms with Gasteiger partial charge in [-0.1, -0.05) is 6.92 Å². The lowest BCUT2D eigenvalue weighted by molar-refractivity contribution is 0.133. The zero-order valence-electron chi connectivity index (χ0n) is 11.8. The third-order valence-electron chi connectivity index (χ3n) is 2.73. The number of benzene rings is 1. The molecule has 0 bridgehead atoms. The fourth-order valence-corrected chi connectivity index (χ4v) is 2.80. The van der Waals surface area contributed by atoms with Gasteiger partial charge in [0.15, 0.2) is 0 Å². The molecular weight excluding hydrogens is 276 g/mol. The van der Waals surface area contributed by atoms with Gasteiger partial charge in [-0.2, -0.15) is 5.26 Å². The first kappa shape index (κ1) is 16.6. The van der Waals surface area contributed by atoms with Crippen LogP contribution in [-0.2, 0) is 14.8 Å². The number of rotatable bonds is 8. The summed E-state index contributed by atoms with van der Waals surface area (Å²) in [5, 5.41) is 8.83. The van der Waals surface area contributed by atoms with Crippen molar-refractivity contribution in [3.8, 4) is 6.07 Å². The molecule has 0 saturated heterocycles. The van der Waals surface area contributed by atoms with E-state index in [-0.39, 0.29) is 4.90 Å². The van der Waals surface area contributed by atoms with E-state index in [9.17, 15) is 8.42 Å². The Morgan fingerprint density at radius 1 is 1.35 bits per heavy atom. The minimum Gasteiger partial charge on any atom is -0.381 e. The van der Waals surface area contributed by atoms with E-state index in [1.54, 1.807) is 6.92 Å². The minimum absolute atomic E-state index is 0.184. The van der Waals surface area contributed by atoms with Crippen molar-refractivity contribution in [2.45, 2.75) is 31.6 Å². The fraction of sp³-hybridized carbons (Fsp3) is 0.500. The van der Waals surface area contributed by atoms with E-state index in [1.807, 2.05) is 13.0 Å². The molecule has 1 N–H and O–H groups in total. The summed E-state index contributed by atoms with van der Waals surface area (Å²) in [6.07, 6.45) is 1.59. The molecule has 6 heteroatoms. The Labute approximate surface area is 120 Å². The average molecular weight is 296 g/mol. The summed E-state index contributed by atoms with van der Waals surface area (Å²) in [5.74, 6) is 0. The predicted octanol–water partition coefficient (Wildman–Crippen LogP) is 1.96. The summed E-state index contributed by atoms with van der Waals surface area (Å²) in [4.78, 5) is 0.184. The van der Waals surface area contributed by atoms with Crippen LogP contribution in [0.4, 0.5) is 0 Å². The van der Waals surface area contributed by atoms with E-state index in [0.29, 0.717) is 37.3 Å². The van der Waals surface area contributed by atoms with E-state index in [1.165, 1.54) is 18.2 Å². The summed E-state index contributed by atoms with van der Waals surface area (Å²) in [6.45, 7) is 5.32. The Hall–Kier alpha value is -1.42. The largest absolute Gasteiger partial charge is 0.381 e. The van der Waals surface area contributed by atoms with Crippen molar-refractivity contribution in [1.82, 2.24) is 4.72 Å². The second-order valence-electron chi connectivity index (χ2n) is 4.45. The molecule has 0 fully saturated rings. The lowest BCUT2D eigenvalue weighted by Crippen LogP contribution is -2.25. The SMILES string of the molecule is CCCOCCCNS(=O)(=O)c1ccc(C#N)c(C)c1. The van der Waals surface area contributed by atoms with Crippen molar-refractivity contribution < 1.29 is 13.2 Å². The molecule has 0 aliphatic rings. The van der Waals surface area contributed by atoms with Crippen LogP contribution in [0.5, 0.6) is 0 Å². The number of hydrogen-bond donors (Lipinski definition) is 1. The molecule has 110 valence electrons. The summed E-state index contributed by atoms with van der Waals surface area (Å²) in [6, 6.07) is 6.49. The Morgan fingerprint density at radius 2 is 2.10 bits per heavy atom. The molecule has 1 rings (SSSR count). The molecule has 5 nitrogen and oxygen atoms in total. The van der Waals surface area contributed by atoms with Gasteiger partial charge in [-0.15, -0.1) is 0 Å². The van der Waals surface area contributed by atoms with E-state index >= 15 is 0 Å². The maximum Gasteiger partial charge on any atom is 0.240 e. The zero-order valence-corrected chi connectivity index (χ0v) is 12.7. The van der Waals surface area contributed by atoms with Gasteiger partial charge in [-0.25, -0.2) is 13.1 Å². The number of nitrogens with one attached hydrogen (secondary N) is 1. The maximum absolute atomic E-state index is 12.0. The molecule has 0 atom stereocenters. The number of nitrogens with zero attached hydrogens (tertiary/aromatic N) is 1. The van der Waals surface area contributed by atoms with Crippen molar-refractivity contribution in [1.29, 1.82) is 5.26 Å². The number of hydrogen-bond acceptors (Lipinski definition) is 4. The van der Waals surface area contributed by atoms with Crippen LogP contribution in [0.3, 0.4) is 0 Å². The van der Waals surface area contributed by atoms with Crippen molar-refractivity contribution in [3.63, 3.8) is 0 Å². The number of aryl methyl sites for hydroxylation is 1. The zero-order chi connectivity index (χ0) is 15.0. The Balaban J connectivity index is 2.57. The standard InChI is InChI=1S/C14H20N2O3S/c1-3-8-19-9-4-7-16-20(17,18)14-6-5-13(11-15)12(2)10-14/h5-6,10,16H,3-4,7-9H2,1-2H3. The molecule has 0 heterocycles. The highest BCUT2D eigenvalue weighted by atomic mass is 32.2. The first-order valence-corrected chi connectivity index (χ1v) is 8.07. The molecule has 0 unspecified atom stereocenters. The van der Waals surface area contributed by atoms with Crippen LogP contribution in [0.2, 0.25) is 0 Å². The van der Waals surface area contributed by atoms with E-state index in [0.717, 1.165) is 6.42 Å². The fourth-order valence-electron chi connectivity index (χ4n) is 1.64. The Bertz CT molecular complexity index is 577. The van der Waals surface area contributed by atoms with Gasteiger partial charge in [0, 0.05) is 19.8 Å². The lowest BCUT2D eigenvalue weighted by Gasteiger charge is -2.08. The molecular formula is C14H20N2O3S. The van der Waals surface area contributed by atoms with Gasteiger partial charge in [-0.05, 0) is 43.5 Å². The Kier molecular flexibility index (Phi) is 6.65. The van der Waals surface area contributed by atoms with Crippen molar-refractivity contribution >= 4 is 10.0 Å². The topological polar surface area (TPSA) is 79.2 Å². The van der Waals surface area contributed by atoms with Crippen LogP contribution >= 0.6 is 0 Å². The van der Waals surface area contributed by atoms with Gasteiger partial charge < -0.3 is 4.74 Å². The maximum atomic E-state index is 12.0. The first-order valence-electron chi connectivity index (χ1n) is 6.59. The van der Waals surface area contributed by atoms with Gasteiger partial charge in [0.1, 0.15) is 0 Å². The summed E-state index contributed by atoms with van der Waals surface area (Å²) >= 11 is 0. The molecule has 1 aromatic rings. The van der Waals surface area contributed by atoms with Crippen LogP contribution < -0.4 is 4.72 Å². The number of nitriles is 1. The van der Waals surface area contributed by atoms with Crippen LogP contribution in [0.15, 0.2) is 23.1 Å². The summed E-state index contributed by atoms with van der Waals surface area (Å²) in [5.41, 5.74) is 1.14. The summed E-state index contributed by atoms with van der Waals surface area (Å²) in [7, 11) is -3.52. The summed E-state index contributed by atoms with van der Waals surface area (Å²) < 4.78 is 31.9. The second-order valence-corrected chi connectivity index (χ2v) is 6.22. The van der Waals surface area contributed by atoms with Crippen LogP contribution in [0.1, 0.15) is 30.9 Å². The average Bonchev–Trinajstić information content (AvgIpc) is 2.42. The quantitative estimate of drug-likeness (QED) is 0.744. The third-order valence-corrected chi connectivity index (χ3v) is 4.19. The molecule has 0 radical (unpaired) electrons. The van der Waals surface area contributed by atoms with Crippen molar-refractivity contribution in [3.05, 3.63) is 29.3 Å². The monoisotopic (exact) mass is 296 g/mol. The van der Waals surface area contributed by atoms with E-state index in [2.05, 4.69) is 4.72 Å². The molecule has 0 aliphatic heterocycles. The molecule has 0 saturated carbocycles. The highest BCUT2D eigenvalue weighted by molar-refractivity contribution is 7.89. The van der Waals surface area contributed by atoms with E-state index in [4.69, 9.17) is 10.00 Å². The van der Waals surface area contributed by atoms with Crippen LogP contribution in [0, 0.1) is 18.3 Å². The van der Waals surface area contributed by atoms with Gasteiger partial charge >= 0.3 is 0 Å². The lowest BCUT2D eigenvalue weighted by atomic mass is 10.1. The van der Waals surface area contributed by atoms with Crippen LogP contribution in [0.25, 0.3) is 0 Å². The van der Waals surface area contributed by atoms with E-state index < -0.39 is 10.0 Å². The minimum atomic E-state index is -3.52.